The monoisotopic (exact) mass is 211 g/mol. The first kappa shape index (κ1) is 11.2. The summed E-state index contributed by atoms with van der Waals surface area (Å²) in [6.45, 7) is 2.11. The van der Waals surface area contributed by atoms with E-state index in [-0.39, 0.29) is 0 Å². The van der Waals surface area contributed by atoms with Crippen molar-refractivity contribution in [2.75, 3.05) is 6.26 Å². The van der Waals surface area contributed by atoms with Crippen LogP contribution in [-0.4, -0.2) is 14.7 Å². The highest BCUT2D eigenvalue weighted by Crippen LogP contribution is 2.13. The Balaban J connectivity index is 2.79. The summed E-state index contributed by atoms with van der Waals surface area (Å²) in [4.78, 5) is 0.381. The molecule has 0 aliphatic heterocycles. The van der Waals surface area contributed by atoms with Gasteiger partial charge >= 0.3 is 0 Å². The molecule has 0 unspecified atom stereocenters. The zero-order valence-electron chi connectivity index (χ0n) is 8.53. The standard InChI is InChI=1S/C11H15O2S/c1-3-4-5-10-6-8-11(9-7-10)14(2,12)13/h5-9H,3-4H2,1-2H3. The van der Waals surface area contributed by atoms with E-state index in [2.05, 4.69) is 13.3 Å². The first-order valence-electron chi connectivity index (χ1n) is 4.67. The van der Waals surface area contributed by atoms with Crippen LogP contribution in [0.4, 0.5) is 0 Å². The minimum absolute atomic E-state index is 0.381. The summed E-state index contributed by atoms with van der Waals surface area (Å²) in [6.07, 6.45) is 5.45. The molecule has 0 heterocycles. The van der Waals surface area contributed by atoms with E-state index < -0.39 is 9.84 Å². The lowest BCUT2D eigenvalue weighted by Gasteiger charge is -2.01. The number of hydrogen-bond acceptors (Lipinski definition) is 2. The van der Waals surface area contributed by atoms with Gasteiger partial charge in [0.25, 0.3) is 0 Å². The molecule has 3 heteroatoms. The van der Waals surface area contributed by atoms with Crippen LogP contribution in [0.1, 0.15) is 25.3 Å². The first-order chi connectivity index (χ1) is 6.54. The summed E-state index contributed by atoms with van der Waals surface area (Å²) in [5, 5.41) is 0. The third kappa shape index (κ3) is 3.14. The van der Waals surface area contributed by atoms with E-state index in [0.29, 0.717) is 4.90 Å². The molecule has 0 N–H and O–H groups in total. The third-order valence-electron chi connectivity index (χ3n) is 1.98. The molecule has 0 amide bonds. The Hall–Kier alpha value is -0.830. The van der Waals surface area contributed by atoms with Gasteiger partial charge in [0.15, 0.2) is 9.84 Å². The maximum absolute atomic E-state index is 11.1. The number of rotatable bonds is 4. The highest BCUT2D eigenvalue weighted by Gasteiger charge is 2.05. The quantitative estimate of drug-likeness (QED) is 0.766. The summed E-state index contributed by atoms with van der Waals surface area (Å²) >= 11 is 0. The molecule has 0 aliphatic rings. The third-order valence-corrected chi connectivity index (χ3v) is 3.11. The molecular weight excluding hydrogens is 196 g/mol. The maximum Gasteiger partial charge on any atom is 0.175 e. The average Bonchev–Trinajstić information content (AvgIpc) is 2.14. The lowest BCUT2D eigenvalue weighted by Crippen LogP contribution is -1.96. The number of sulfone groups is 1. The average molecular weight is 211 g/mol. The molecule has 0 atom stereocenters. The van der Waals surface area contributed by atoms with Gasteiger partial charge < -0.3 is 0 Å². The highest BCUT2D eigenvalue weighted by molar-refractivity contribution is 7.90. The van der Waals surface area contributed by atoms with Crippen molar-refractivity contribution in [3.05, 3.63) is 36.2 Å². The summed E-state index contributed by atoms with van der Waals surface area (Å²) in [6, 6.07) is 6.98. The van der Waals surface area contributed by atoms with Gasteiger partial charge in [0.05, 0.1) is 4.90 Å². The van der Waals surface area contributed by atoms with Crippen LogP contribution in [0.25, 0.3) is 0 Å². The molecule has 0 fully saturated rings. The second kappa shape index (κ2) is 4.60. The van der Waals surface area contributed by atoms with Gasteiger partial charge in [-0.2, -0.15) is 0 Å². The van der Waals surface area contributed by atoms with Crippen LogP contribution in [0, 0.1) is 6.42 Å². The van der Waals surface area contributed by atoms with Gasteiger partial charge in [-0.1, -0.05) is 25.5 Å². The largest absolute Gasteiger partial charge is 0.224 e. The topological polar surface area (TPSA) is 34.1 Å². The van der Waals surface area contributed by atoms with E-state index in [1.807, 2.05) is 12.1 Å². The van der Waals surface area contributed by atoms with E-state index in [9.17, 15) is 8.42 Å². The second-order valence-corrected chi connectivity index (χ2v) is 5.35. The van der Waals surface area contributed by atoms with Crippen molar-refractivity contribution in [3.8, 4) is 0 Å². The van der Waals surface area contributed by atoms with E-state index in [1.54, 1.807) is 12.1 Å². The maximum atomic E-state index is 11.1. The summed E-state index contributed by atoms with van der Waals surface area (Å²) in [7, 11) is -3.05. The van der Waals surface area contributed by atoms with E-state index in [4.69, 9.17) is 0 Å². The fraction of sp³-hybridized carbons (Fsp3) is 0.364. The van der Waals surface area contributed by atoms with E-state index >= 15 is 0 Å². The van der Waals surface area contributed by atoms with Crippen molar-refractivity contribution in [2.45, 2.75) is 24.7 Å². The minimum atomic E-state index is -3.05. The Morgan fingerprint density at radius 2 is 1.79 bits per heavy atom. The normalized spacial score (nSPS) is 11.6. The molecule has 2 nitrogen and oxygen atoms in total. The molecule has 0 saturated carbocycles. The number of benzene rings is 1. The van der Waals surface area contributed by atoms with Crippen molar-refractivity contribution < 1.29 is 8.42 Å². The molecule has 0 saturated heterocycles. The molecule has 0 bridgehead atoms. The molecule has 1 aromatic rings. The predicted molar refractivity (Wildman–Crippen MR) is 57.9 cm³/mol. The van der Waals surface area contributed by atoms with Crippen molar-refractivity contribution in [1.82, 2.24) is 0 Å². The Kier molecular flexibility index (Phi) is 3.69. The number of unbranched alkanes of at least 4 members (excludes halogenated alkanes) is 1. The Labute approximate surface area is 85.9 Å². The predicted octanol–water partition coefficient (Wildman–Crippen LogP) is 2.44. The summed E-state index contributed by atoms with van der Waals surface area (Å²) in [5.74, 6) is 0. The Morgan fingerprint density at radius 3 is 2.21 bits per heavy atom. The Bertz CT molecular complexity index is 376. The number of hydrogen-bond donors (Lipinski definition) is 0. The molecule has 14 heavy (non-hydrogen) atoms. The van der Waals surface area contributed by atoms with Gasteiger partial charge in [0.2, 0.25) is 0 Å². The van der Waals surface area contributed by atoms with Crippen LogP contribution in [-0.2, 0) is 9.84 Å². The van der Waals surface area contributed by atoms with E-state index in [1.165, 1.54) is 6.26 Å². The molecule has 1 aromatic carbocycles. The lowest BCUT2D eigenvalue weighted by atomic mass is 10.1. The molecule has 0 aliphatic carbocycles. The van der Waals surface area contributed by atoms with Crippen LogP contribution < -0.4 is 0 Å². The zero-order valence-corrected chi connectivity index (χ0v) is 9.34. The van der Waals surface area contributed by atoms with Gasteiger partial charge in [-0.25, -0.2) is 8.42 Å². The fourth-order valence-electron chi connectivity index (χ4n) is 1.16. The molecule has 0 aromatic heterocycles. The van der Waals surface area contributed by atoms with Gasteiger partial charge in [0, 0.05) is 6.26 Å². The van der Waals surface area contributed by atoms with Crippen molar-refractivity contribution in [3.63, 3.8) is 0 Å². The van der Waals surface area contributed by atoms with Gasteiger partial charge in [-0.05, 0) is 30.5 Å². The molecule has 1 rings (SSSR count). The van der Waals surface area contributed by atoms with Crippen LogP contribution in [0.5, 0.6) is 0 Å². The minimum Gasteiger partial charge on any atom is -0.224 e. The van der Waals surface area contributed by atoms with Crippen molar-refractivity contribution in [1.29, 1.82) is 0 Å². The van der Waals surface area contributed by atoms with Gasteiger partial charge in [-0.3, -0.25) is 0 Å². The molecule has 77 valence electrons. The van der Waals surface area contributed by atoms with Crippen LogP contribution in [0.15, 0.2) is 29.2 Å². The summed E-state index contributed by atoms with van der Waals surface area (Å²) < 4.78 is 22.3. The highest BCUT2D eigenvalue weighted by atomic mass is 32.2. The van der Waals surface area contributed by atoms with Crippen molar-refractivity contribution >= 4 is 9.84 Å². The molecule has 1 radical (unpaired) electrons. The Morgan fingerprint density at radius 1 is 1.21 bits per heavy atom. The fourth-order valence-corrected chi connectivity index (χ4v) is 1.79. The van der Waals surface area contributed by atoms with Crippen LogP contribution in [0.2, 0.25) is 0 Å². The van der Waals surface area contributed by atoms with Crippen molar-refractivity contribution in [2.24, 2.45) is 0 Å². The first-order valence-corrected chi connectivity index (χ1v) is 6.56. The molecule has 0 spiro atoms. The smallest absolute Gasteiger partial charge is 0.175 e. The van der Waals surface area contributed by atoms with E-state index in [0.717, 1.165) is 18.4 Å². The SMILES string of the molecule is CCC[CH]c1ccc(S(C)(=O)=O)cc1. The lowest BCUT2D eigenvalue weighted by molar-refractivity contribution is 0.602. The van der Waals surface area contributed by atoms with Gasteiger partial charge in [0.1, 0.15) is 0 Å². The molecular formula is C11H15O2S. The summed E-state index contributed by atoms with van der Waals surface area (Å²) in [5.41, 5.74) is 1.08. The van der Waals surface area contributed by atoms with Gasteiger partial charge in [-0.15, -0.1) is 0 Å². The second-order valence-electron chi connectivity index (χ2n) is 3.33. The van der Waals surface area contributed by atoms with Crippen LogP contribution >= 0.6 is 0 Å². The van der Waals surface area contributed by atoms with Crippen LogP contribution in [0.3, 0.4) is 0 Å². The zero-order chi connectivity index (χ0) is 10.6.